The molecule has 0 radical (unpaired) electrons. The van der Waals surface area contributed by atoms with Gasteiger partial charge in [0, 0.05) is 5.70 Å². The molecule has 10 heteroatoms. The summed E-state index contributed by atoms with van der Waals surface area (Å²) in [7, 11) is 0. The fourth-order valence-corrected chi connectivity index (χ4v) is 5.86. The van der Waals surface area contributed by atoms with E-state index in [1.165, 1.54) is 11.0 Å². The SMILES string of the molecule is C=C/C=C\C(=C/C)N1C(=O)/C(=C/c2cc(Cl)c(OCC=C)c(OCC)c2)C(=O)N=C1SCC(=O)NC(c1ccccc1)c1ccccc1. The Bertz CT molecular complexity index is 1740. The van der Waals surface area contributed by atoms with Crippen LogP contribution >= 0.6 is 23.4 Å². The number of hydrogen-bond donors (Lipinski definition) is 1. The minimum absolute atomic E-state index is 0.0660. The minimum Gasteiger partial charge on any atom is -0.490 e. The molecule has 0 atom stereocenters. The summed E-state index contributed by atoms with van der Waals surface area (Å²) in [6.07, 6.45) is 9.60. The Labute approximate surface area is 290 Å². The molecule has 0 spiro atoms. The van der Waals surface area contributed by atoms with Crippen molar-refractivity contribution in [2.75, 3.05) is 19.0 Å². The van der Waals surface area contributed by atoms with Crippen LogP contribution in [-0.4, -0.2) is 46.8 Å². The summed E-state index contributed by atoms with van der Waals surface area (Å²) in [5, 5.41) is 3.39. The van der Waals surface area contributed by atoms with Gasteiger partial charge < -0.3 is 14.8 Å². The van der Waals surface area contributed by atoms with Gasteiger partial charge in [0.05, 0.1) is 23.4 Å². The van der Waals surface area contributed by atoms with Gasteiger partial charge in [-0.05, 0) is 54.8 Å². The van der Waals surface area contributed by atoms with Crippen LogP contribution in [0.15, 0.2) is 133 Å². The molecule has 1 heterocycles. The monoisotopic (exact) mass is 681 g/mol. The molecule has 0 unspecified atom stereocenters. The number of carbonyl (C=O) groups is 3. The van der Waals surface area contributed by atoms with Crippen LogP contribution in [0.4, 0.5) is 0 Å². The summed E-state index contributed by atoms with van der Waals surface area (Å²) in [5.74, 6) is -1.10. The first-order valence-electron chi connectivity index (χ1n) is 15.2. The average Bonchev–Trinajstić information content (AvgIpc) is 3.09. The summed E-state index contributed by atoms with van der Waals surface area (Å²) in [6.45, 7) is 11.5. The maximum absolute atomic E-state index is 14.1. The third-order valence-corrected chi connectivity index (χ3v) is 8.12. The zero-order chi connectivity index (χ0) is 34.5. The molecular weight excluding hydrogens is 646 g/mol. The van der Waals surface area contributed by atoms with Gasteiger partial charge >= 0.3 is 0 Å². The predicted molar refractivity (Wildman–Crippen MR) is 194 cm³/mol. The lowest BCUT2D eigenvalue weighted by atomic mass is 9.99. The maximum atomic E-state index is 14.1. The fraction of sp³-hybridized carbons (Fsp3) is 0.158. The van der Waals surface area contributed by atoms with Crippen molar-refractivity contribution in [2.45, 2.75) is 19.9 Å². The van der Waals surface area contributed by atoms with Gasteiger partial charge in [0.15, 0.2) is 16.7 Å². The number of rotatable bonds is 14. The summed E-state index contributed by atoms with van der Waals surface area (Å²) < 4.78 is 11.4. The van der Waals surface area contributed by atoms with Gasteiger partial charge in [-0.15, -0.1) is 0 Å². The van der Waals surface area contributed by atoms with Crippen LogP contribution in [-0.2, 0) is 14.4 Å². The number of amidine groups is 1. The second kappa shape index (κ2) is 17.7. The second-order valence-electron chi connectivity index (χ2n) is 10.2. The molecule has 0 saturated carbocycles. The van der Waals surface area contributed by atoms with Crippen molar-refractivity contribution in [1.82, 2.24) is 10.2 Å². The van der Waals surface area contributed by atoms with E-state index in [0.29, 0.717) is 29.4 Å². The van der Waals surface area contributed by atoms with Gasteiger partial charge in [0.25, 0.3) is 11.8 Å². The van der Waals surface area contributed by atoms with Crippen molar-refractivity contribution >= 4 is 52.3 Å². The lowest BCUT2D eigenvalue weighted by Gasteiger charge is -2.28. The number of nitrogens with zero attached hydrogens (tertiary/aromatic N) is 2. The quantitative estimate of drug-likeness (QED) is 0.0811. The molecule has 1 N–H and O–H groups in total. The van der Waals surface area contributed by atoms with Crippen LogP contribution in [0.2, 0.25) is 5.02 Å². The van der Waals surface area contributed by atoms with Crippen LogP contribution in [0.5, 0.6) is 11.5 Å². The summed E-state index contributed by atoms with van der Waals surface area (Å²) in [4.78, 5) is 46.4. The zero-order valence-corrected chi connectivity index (χ0v) is 28.3. The number of nitrogens with one attached hydrogen (secondary N) is 1. The molecular formula is C38H36ClN3O5S. The third kappa shape index (κ3) is 9.02. The molecule has 0 aromatic heterocycles. The van der Waals surface area contributed by atoms with Crippen LogP contribution in [0.25, 0.3) is 6.08 Å². The van der Waals surface area contributed by atoms with Crippen LogP contribution < -0.4 is 14.8 Å². The number of benzene rings is 3. The van der Waals surface area contributed by atoms with Crippen LogP contribution in [0.1, 0.15) is 36.6 Å². The van der Waals surface area contributed by atoms with E-state index in [1.807, 2.05) is 67.6 Å². The molecule has 0 fully saturated rings. The van der Waals surface area contributed by atoms with E-state index in [1.54, 1.807) is 49.4 Å². The zero-order valence-electron chi connectivity index (χ0n) is 26.7. The van der Waals surface area contributed by atoms with Gasteiger partial charge in [-0.25, -0.2) is 0 Å². The first kappa shape index (κ1) is 35.7. The number of hydrogen-bond acceptors (Lipinski definition) is 6. The maximum Gasteiger partial charge on any atom is 0.285 e. The Morgan fingerprint density at radius 3 is 2.29 bits per heavy atom. The first-order valence-corrected chi connectivity index (χ1v) is 16.5. The van der Waals surface area contributed by atoms with Gasteiger partial charge in [0.1, 0.15) is 12.2 Å². The van der Waals surface area contributed by atoms with Gasteiger partial charge in [-0.3, -0.25) is 19.3 Å². The number of halogens is 1. The van der Waals surface area contributed by atoms with Gasteiger partial charge in [-0.2, -0.15) is 4.99 Å². The van der Waals surface area contributed by atoms with E-state index in [9.17, 15) is 14.4 Å². The summed E-state index contributed by atoms with van der Waals surface area (Å²) >= 11 is 7.51. The number of aliphatic imine (C=N–C) groups is 1. The Balaban J connectivity index is 1.65. The van der Waals surface area contributed by atoms with Crippen LogP contribution in [0.3, 0.4) is 0 Å². The first-order chi connectivity index (χ1) is 23.3. The molecule has 1 aliphatic rings. The summed E-state index contributed by atoms with van der Waals surface area (Å²) in [5.41, 5.74) is 2.52. The van der Waals surface area contributed by atoms with E-state index in [-0.39, 0.29) is 34.0 Å². The molecule has 48 heavy (non-hydrogen) atoms. The minimum atomic E-state index is -0.755. The van der Waals surface area contributed by atoms with E-state index in [4.69, 9.17) is 21.1 Å². The van der Waals surface area contributed by atoms with E-state index in [2.05, 4.69) is 23.5 Å². The van der Waals surface area contributed by atoms with Crippen molar-refractivity contribution in [1.29, 1.82) is 0 Å². The van der Waals surface area contributed by atoms with Crippen molar-refractivity contribution in [2.24, 2.45) is 4.99 Å². The Kier molecular flexibility index (Phi) is 13.2. The van der Waals surface area contributed by atoms with E-state index >= 15 is 0 Å². The number of allylic oxidation sites excluding steroid dienone is 4. The molecule has 246 valence electrons. The molecule has 3 amide bonds. The normalized spacial score (nSPS) is 14.3. The molecule has 0 aliphatic carbocycles. The highest BCUT2D eigenvalue weighted by molar-refractivity contribution is 8.14. The van der Waals surface area contributed by atoms with Gasteiger partial charge in [0.2, 0.25) is 5.91 Å². The lowest BCUT2D eigenvalue weighted by molar-refractivity contribution is -0.126. The largest absolute Gasteiger partial charge is 0.490 e. The molecule has 3 aromatic rings. The highest BCUT2D eigenvalue weighted by Crippen LogP contribution is 2.38. The van der Waals surface area contributed by atoms with Gasteiger partial charge in [-0.1, -0.05) is 121 Å². The van der Waals surface area contributed by atoms with Crippen molar-refractivity contribution in [3.05, 3.63) is 149 Å². The fourth-order valence-electron chi connectivity index (χ4n) is 4.78. The number of amides is 3. The Morgan fingerprint density at radius 1 is 1.04 bits per heavy atom. The molecule has 3 aromatic carbocycles. The number of ether oxygens (including phenoxy) is 2. The average molecular weight is 682 g/mol. The van der Waals surface area contributed by atoms with E-state index < -0.39 is 17.9 Å². The standard InChI is InChI=1S/C38H36ClN3O5S/c1-5-9-20-29(7-3)42-37(45)30(22-26-23-31(39)35(47-21-6-2)32(24-26)46-8-4)36(44)41-38(42)48-25-33(43)40-34(27-16-12-10-13-17-27)28-18-14-11-15-19-28/h5-7,9-20,22-24,34H,1-2,8,21,25H2,3-4H3,(H,40,43)/b20-9-,29-7+,30-22+. The number of thioether (sulfide) groups is 1. The van der Waals surface area contributed by atoms with Crippen LogP contribution in [0, 0.1) is 0 Å². The second-order valence-corrected chi connectivity index (χ2v) is 11.5. The smallest absolute Gasteiger partial charge is 0.285 e. The summed E-state index contributed by atoms with van der Waals surface area (Å²) in [6, 6.07) is 22.1. The highest BCUT2D eigenvalue weighted by atomic mass is 35.5. The molecule has 1 aliphatic heterocycles. The van der Waals surface area contributed by atoms with Crippen molar-refractivity contribution in [3.8, 4) is 11.5 Å². The topological polar surface area (TPSA) is 97.3 Å². The highest BCUT2D eigenvalue weighted by Gasteiger charge is 2.35. The molecule has 0 bridgehead atoms. The van der Waals surface area contributed by atoms with Crippen molar-refractivity contribution < 1.29 is 23.9 Å². The molecule has 0 saturated heterocycles. The number of carbonyl (C=O) groups excluding carboxylic acids is 3. The third-order valence-electron chi connectivity index (χ3n) is 6.90. The van der Waals surface area contributed by atoms with Crippen molar-refractivity contribution in [3.63, 3.8) is 0 Å². The predicted octanol–water partition coefficient (Wildman–Crippen LogP) is 7.70. The molecule has 8 nitrogen and oxygen atoms in total. The van der Waals surface area contributed by atoms with E-state index in [0.717, 1.165) is 22.9 Å². The molecule has 4 rings (SSSR count). The lowest BCUT2D eigenvalue weighted by Crippen LogP contribution is -2.42. The Hall–Kier alpha value is -5.12. The Morgan fingerprint density at radius 2 is 1.71 bits per heavy atom.